The van der Waals surface area contributed by atoms with Crippen molar-refractivity contribution in [2.24, 2.45) is 0 Å². The van der Waals surface area contributed by atoms with E-state index in [2.05, 4.69) is 17.1 Å². The number of amides is 1. The van der Waals surface area contributed by atoms with E-state index in [0.29, 0.717) is 18.6 Å². The molecule has 0 spiro atoms. The Hall–Kier alpha value is -0.320. The summed E-state index contributed by atoms with van der Waals surface area (Å²) in [5, 5.41) is 3.34. The van der Waals surface area contributed by atoms with Crippen molar-refractivity contribution < 1.29 is 4.79 Å². The van der Waals surface area contributed by atoms with Gasteiger partial charge in [-0.15, -0.1) is 12.4 Å². The van der Waals surface area contributed by atoms with Gasteiger partial charge in [0.1, 0.15) is 0 Å². The zero-order valence-electron chi connectivity index (χ0n) is 10.1. The predicted molar refractivity (Wildman–Crippen MR) is 66.9 cm³/mol. The Balaban J connectivity index is 0.00000128. The number of halogens is 1. The summed E-state index contributed by atoms with van der Waals surface area (Å²) >= 11 is 0. The van der Waals surface area contributed by atoms with Crippen molar-refractivity contribution in [2.75, 3.05) is 33.2 Å². The van der Waals surface area contributed by atoms with Crippen molar-refractivity contribution in [3.63, 3.8) is 0 Å². The molecule has 1 atom stereocenters. The van der Waals surface area contributed by atoms with Crippen LogP contribution in [0.25, 0.3) is 0 Å². The Labute approximate surface area is 104 Å². The molecule has 0 aromatic rings. The highest BCUT2D eigenvalue weighted by Gasteiger charge is 2.31. The van der Waals surface area contributed by atoms with Gasteiger partial charge in [-0.25, -0.2) is 0 Å². The molecular weight excluding hydrogens is 226 g/mol. The Morgan fingerprint density at radius 1 is 1.50 bits per heavy atom. The number of nitrogens with one attached hydrogen (secondary N) is 1. The van der Waals surface area contributed by atoms with Gasteiger partial charge in [-0.1, -0.05) is 0 Å². The third kappa shape index (κ3) is 3.34. The molecule has 0 radical (unpaired) electrons. The lowest BCUT2D eigenvalue weighted by atomic mass is 10.2. The molecule has 0 aromatic heterocycles. The average Bonchev–Trinajstić information content (AvgIpc) is 3.04. The quantitative estimate of drug-likeness (QED) is 0.781. The van der Waals surface area contributed by atoms with Crippen LogP contribution in [0.5, 0.6) is 0 Å². The van der Waals surface area contributed by atoms with Gasteiger partial charge in [0.05, 0.1) is 6.54 Å². The third-order valence-corrected chi connectivity index (χ3v) is 3.47. The number of carbonyl (C=O) groups excluding carboxylic acids is 1. The number of likely N-dealkylation sites (N-methyl/N-ethyl adjacent to an activating group) is 1. The molecule has 1 saturated heterocycles. The lowest BCUT2D eigenvalue weighted by molar-refractivity contribution is -0.132. The lowest BCUT2D eigenvalue weighted by Gasteiger charge is -2.34. The van der Waals surface area contributed by atoms with Crippen molar-refractivity contribution in [3.05, 3.63) is 0 Å². The molecule has 1 amide bonds. The molecule has 1 heterocycles. The Kier molecular flexibility index (Phi) is 5.02. The van der Waals surface area contributed by atoms with Crippen LogP contribution in [-0.2, 0) is 4.79 Å². The summed E-state index contributed by atoms with van der Waals surface area (Å²) in [4.78, 5) is 16.1. The van der Waals surface area contributed by atoms with Crippen LogP contribution in [-0.4, -0.2) is 61.0 Å². The summed E-state index contributed by atoms with van der Waals surface area (Å²) in [5.74, 6) is 0.284. The summed E-state index contributed by atoms with van der Waals surface area (Å²) in [6.07, 6.45) is 2.39. The highest BCUT2D eigenvalue weighted by atomic mass is 35.5. The van der Waals surface area contributed by atoms with Gasteiger partial charge < -0.3 is 10.2 Å². The average molecular weight is 248 g/mol. The second-order valence-corrected chi connectivity index (χ2v) is 4.76. The van der Waals surface area contributed by atoms with E-state index >= 15 is 0 Å². The first-order valence-electron chi connectivity index (χ1n) is 5.89. The van der Waals surface area contributed by atoms with Crippen LogP contribution in [0.4, 0.5) is 0 Å². The maximum absolute atomic E-state index is 11.9. The first-order chi connectivity index (χ1) is 7.18. The van der Waals surface area contributed by atoms with Gasteiger partial charge in [0.15, 0.2) is 0 Å². The van der Waals surface area contributed by atoms with Crippen LogP contribution in [0.2, 0.25) is 0 Å². The van der Waals surface area contributed by atoms with Crippen molar-refractivity contribution in [1.82, 2.24) is 15.1 Å². The van der Waals surface area contributed by atoms with Crippen molar-refractivity contribution in [1.29, 1.82) is 0 Å². The minimum Gasteiger partial charge on any atom is -0.342 e. The molecule has 2 aliphatic rings. The lowest BCUT2D eigenvalue weighted by Crippen LogP contribution is -2.53. The number of rotatable bonds is 3. The fourth-order valence-corrected chi connectivity index (χ4v) is 2.07. The van der Waals surface area contributed by atoms with Crippen molar-refractivity contribution >= 4 is 18.3 Å². The number of hydrogen-bond acceptors (Lipinski definition) is 3. The number of nitrogens with zero attached hydrogens (tertiary/aromatic N) is 2. The summed E-state index contributed by atoms with van der Waals surface area (Å²) < 4.78 is 0. The van der Waals surface area contributed by atoms with Gasteiger partial charge in [0.25, 0.3) is 0 Å². The molecule has 16 heavy (non-hydrogen) atoms. The molecular formula is C11H22ClN3O. The standard InChI is InChI=1S/C11H21N3O.ClH/c1-9-7-12-5-6-14(9)8-11(15)13(2)10-3-4-10;/h9-10,12H,3-8H2,1-2H3;1H/t9-;/m0./s1. The molecule has 0 bridgehead atoms. The van der Waals surface area contributed by atoms with Gasteiger partial charge in [-0.2, -0.15) is 0 Å². The van der Waals surface area contributed by atoms with Crippen LogP contribution in [0.3, 0.4) is 0 Å². The SMILES string of the molecule is C[C@H]1CNCCN1CC(=O)N(C)C1CC1.Cl. The van der Waals surface area contributed by atoms with Gasteiger partial charge in [0, 0.05) is 38.8 Å². The molecule has 5 heteroatoms. The molecule has 1 N–H and O–H groups in total. The van der Waals surface area contributed by atoms with Crippen molar-refractivity contribution in [3.8, 4) is 0 Å². The topological polar surface area (TPSA) is 35.6 Å². The van der Waals surface area contributed by atoms with E-state index in [1.165, 1.54) is 12.8 Å². The predicted octanol–water partition coefficient (Wildman–Crippen LogP) is 0.323. The maximum atomic E-state index is 11.9. The summed E-state index contributed by atoms with van der Waals surface area (Å²) in [5.41, 5.74) is 0. The molecule has 0 unspecified atom stereocenters. The van der Waals surface area contributed by atoms with Gasteiger partial charge >= 0.3 is 0 Å². The molecule has 2 rings (SSSR count). The van der Waals surface area contributed by atoms with Crippen LogP contribution in [0.15, 0.2) is 0 Å². The summed E-state index contributed by atoms with van der Waals surface area (Å²) in [7, 11) is 1.94. The molecule has 94 valence electrons. The molecule has 4 nitrogen and oxygen atoms in total. The van der Waals surface area contributed by atoms with Crippen LogP contribution in [0.1, 0.15) is 19.8 Å². The van der Waals surface area contributed by atoms with E-state index in [0.717, 1.165) is 19.6 Å². The summed E-state index contributed by atoms with van der Waals surface area (Å²) in [6.45, 7) is 5.77. The van der Waals surface area contributed by atoms with E-state index in [9.17, 15) is 4.79 Å². The highest BCUT2D eigenvalue weighted by molar-refractivity contribution is 5.85. The van der Waals surface area contributed by atoms with Gasteiger partial charge in [-0.05, 0) is 19.8 Å². The Morgan fingerprint density at radius 2 is 2.19 bits per heavy atom. The van der Waals surface area contributed by atoms with Gasteiger partial charge in [-0.3, -0.25) is 9.69 Å². The van der Waals surface area contributed by atoms with Crippen LogP contribution >= 0.6 is 12.4 Å². The smallest absolute Gasteiger partial charge is 0.236 e. The Morgan fingerprint density at radius 3 is 2.75 bits per heavy atom. The second kappa shape index (κ2) is 5.84. The zero-order chi connectivity index (χ0) is 10.8. The molecule has 2 fully saturated rings. The number of piperazine rings is 1. The van der Waals surface area contributed by atoms with Crippen LogP contribution in [0, 0.1) is 0 Å². The summed E-state index contributed by atoms with van der Waals surface area (Å²) in [6, 6.07) is 1.02. The minimum atomic E-state index is 0. The first kappa shape index (κ1) is 13.7. The van der Waals surface area contributed by atoms with Crippen molar-refractivity contribution in [2.45, 2.75) is 31.8 Å². The molecule has 1 aliphatic heterocycles. The first-order valence-corrected chi connectivity index (χ1v) is 5.89. The maximum Gasteiger partial charge on any atom is 0.236 e. The molecule has 0 aromatic carbocycles. The fraction of sp³-hybridized carbons (Fsp3) is 0.909. The van der Waals surface area contributed by atoms with Gasteiger partial charge in [0.2, 0.25) is 5.91 Å². The fourth-order valence-electron chi connectivity index (χ4n) is 2.07. The monoisotopic (exact) mass is 247 g/mol. The Bertz CT molecular complexity index is 245. The molecule has 1 aliphatic carbocycles. The van der Waals surface area contributed by atoms with E-state index < -0.39 is 0 Å². The molecule has 1 saturated carbocycles. The third-order valence-electron chi connectivity index (χ3n) is 3.47. The van der Waals surface area contributed by atoms with E-state index in [4.69, 9.17) is 0 Å². The van der Waals surface area contributed by atoms with E-state index in [1.54, 1.807) is 0 Å². The van der Waals surface area contributed by atoms with E-state index in [1.807, 2.05) is 11.9 Å². The second-order valence-electron chi connectivity index (χ2n) is 4.76. The largest absolute Gasteiger partial charge is 0.342 e. The van der Waals surface area contributed by atoms with Crippen LogP contribution < -0.4 is 5.32 Å². The van der Waals surface area contributed by atoms with E-state index in [-0.39, 0.29) is 18.3 Å². The zero-order valence-corrected chi connectivity index (χ0v) is 10.9. The minimum absolute atomic E-state index is 0. The highest BCUT2D eigenvalue weighted by Crippen LogP contribution is 2.25. The number of hydrogen-bond donors (Lipinski definition) is 1. The normalized spacial score (nSPS) is 26.0. The number of carbonyl (C=O) groups is 1.